The predicted octanol–water partition coefficient (Wildman–Crippen LogP) is 6.81. The van der Waals surface area contributed by atoms with Crippen LogP contribution >= 0.6 is 0 Å². The number of hydrogen-bond donors (Lipinski definition) is 3. The van der Waals surface area contributed by atoms with E-state index in [-0.39, 0.29) is 24.4 Å². The Kier molecular flexibility index (Phi) is 11.0. The summed E-state index contributed by atoms with van der Waals surface area (Å²) in [6.45, 7) is 6.48. The summed E-state index contributed by atoms with van der Waals surface area (Å²) in [5, 5.41) is 21.3. The summed E-state index contributed by atoms with van der Waals surface area (Å²) in [5.41, 5.74) is 2.65. The van der Waals surface area contributed by atoms with E-state index in [0.717, 1.165) is 16.0 Å². The molecule has 9 heteroatoms. The normalized spacial score (nSPS) is 11.4. The van der Waals surface area contributed by atoms with Gasteiger partial charge in [0.25, 0.3) is 5.91 Å². The van der Waals surface area contributed by atoms with E-state index in [1.807, 2.05) is 81.4 Å². The lowest BCUT2D eigenvalue weighted by molar-refractivity contribution is -0.128. The summed E-state index contributed by atoms with van der Waals surface area (Å²) in [6.07, 6.45) is -2.34. The number of hydrogen-bond acceptors (Lipinski definition) is 6. The molecule has 0 aliphatic carbocycles. The van der Waals surface area contributed by atoms with Gasteiger partial charge in [0.05, 0.1) is 19.3 Å². The van der Waals surface area contributed by atoms with Crippen LogP contribution in [0.25, 0.3) is 0 Å². The van der Waals surface area contributed by atoms with Gasteiger partial charge >= 0.3 is 6.09 Å². The van der Waals surface area contributed by atoms with Crippen molar-refractivity contribution >= 4 is 17.8 Å². The van der Waals surface area contributed by atoms with Crippen LogP contribution in [0.15, 0.2) is 103 Å². The molecule has 2 amide bonds. The van der Waals surface area contributed by atoms with E-state index in [9.17, 15) is 14.7 Å². The maximum atomic E-state index is 13.6. The van der Waals surface area contributed by atoms with Crippen molar-refractivity contribution in [3.8, 4) is 17.2 Å². The van der Waals surface area contributed by atoms with Gasteiger partial charge in [0.2, 0.25) is 6.10 Å². The van der Waals surface area contributed by atoms with E-state index < -0.39 is 12.2 Å². The highest BCUT2D eigenvalue weighted by atomic mass is 16.5. The molecule has 0 saturated heterocycles. The first-order chi connectivity index (χ1) is 21.2. The van der Waals surface area contributed by atoms with Gasteiger partial charge in [0.1, 0.15) is 11.6 Å². The zero-order valence-corrected chi connectivity index (χ0v) is 25.0. The van der Waals surface area contributed by atoms with Gasteiger partial charge < -0.3 is 24.6 Å². The number of amides is 2. The maximum absolute atomic E-state index is 13.6. The number of carbonyl (C=O) groups excluding carboxylic acids is 1. The fourth-order valence-corrected chi connectivity index (χ4v) is 4.45. The van der Waals surface area contributed by atoms with Crippen LogP contribution in [0, 0.1) is 5.41 Å². The van der Waals surface area contributed by atoms with Crippen LogP contribution in [-0.4, -0.2) is 40.6 Å². The number of nitrogens with one attached hydrogen (secondary N) is 2. The number of ether oxygens (including phenoxy) is 3. The van der Waals surface area contributed by atoms with Crippen LogP contribution < -0.4 is 19.5 Å². The smallest absolute Gasteiger partial charge is 0.413 e. The lowest BCUT2D eigenvalue weighted by Gasteiger charge is -2.22. The van der Waals surface area contributed by atoms with Crippen LogP contribution in [0.5, 0.6) is 17.2 Å². The molecule has 228 valence electrons. The molecule has 4 rings (SSSR count). The standard InChI is InChI=1S/C35H37N3O6/c1-4-42-31-21-28(17-20-30(31)43-24(2)3)32(34(39)37-22-25-11-7-5-8-12-25)44-29-18-15-27(16-19-29)33(36)38(35(40)41)23-26-13-9-6-10-14-26/h5-21,24,32,36H,4,22-23H2,1-3H3,(H,37,39)(H,40,41). The van der Waals surface area contributed by atoms with Crippen molar-refractivity contribution in [2.45, 2.75) is 46.1 Å². The first-order valence-corrected chi connectivity index (χ1v) is 14.4. The van der Waals surface area contributed by atoms with Gasteiger partial charge in [-0.25, -0.2) is 4.79 Å². The molecule has 1 atom stereocenters. The fourth-order valence-electron chi connectivity index (χ4n) is 4.45. The monoisotopic (exact) mass is 595 g/mol. The van der Waals surface area contributed by atoms with Crippen LogP contribution in [0.3, 0.4) is 0 Å². The van der Waals surface area contributed by atoms with Crippen molar-refractivity contribution in [2.24, 2.45) is 0 Å². The predicted molar refractivity (Wildman–Crippen MR) is 168 cm³/mol. The van der Waals surface area contributed by atoms with Crippen LogP contribution in [0.2, 0.25) is 0 Å². The molecular formula is C35H37N3O6. The van der Waals surface area contributed by atoms with Crippen molar-refractivity contribution in [1.29, 1.82) is 5.41 Å². The number of carboxylic acid groups (broad SMARTS) is 1. The van der Waals surface area contributed by atoms with Crippen LogP contribution in [0.4, 0.5) is 4.79 Å². The molecule has 0 fully saturated rings. The third kappa shape index (κ3) is 8.61. The van der Waals surface area contributed by atoms with Gasteiger partial charge in [-0.2, -0.15) is 0 Å². The molecule has 0 aromatic heterocycles. The molecule has 0 aliphatic rings. The average Bonchev–Trinajstić information content (AvgIpc) is 3.03. The minimum absolute atomic E-state index is 0.0373. The maximum Gasteiger partial charge on any atom is 0.413 e. The minimum Gasteiger partial charge on any atom is -0.490 e. The Morgan fingerprint density at radius 3 is 2.07 bits per heavy atom. The second kappa shape index (κ2) is 15.2. The summed E-state index contributed by atoms with van der Waals surface area (Å²) in [4.78, 5) is 26.5. The molecule has 0 spiro atoms. The summed E-state index contributed by atoms with van der Waals surface area (Å²) in [6, 6.07) is 30.4. The number of amidine groups is 1. The van der Waals surface area contributed by atoms with Gasteiger partial charge in [-0.05, 0) is 68.3 Å². The lowest BCUT2D eigenvalue weighted by Crippen LogP contribution is -2.35. The second-order valence-electron chi connectivity index (χ2n) is 10.2. The van der Waals surface area contributed by atoms with E-state index in [2.05, 4.69) is 5.32 Å². The van der Waals surface area contributed by atoms with Gasteiger partial charge in [0, 0.05) is 17.7 Å². The molecule has 3 N–H and O–H groups in total. The summed E-state index contributed by atoms with van der Waals surface area (Å²) >= 11 is 0. The molecular weight excluding hydrogens is 558 g/mol. The number of rotatable bonds is 13. The van der Waals surface area contributed by atoms with Crippen LogP contribution in [0.1, 0.15) is 49.1 Å². The highest BCUT2D eigenvalue weighted by Crippen LogP contribution is 2.33. The van der Waals surface area contributed by atoms with Crippen molar-refractivity contribution in [2.75, 3.05) is 6.61 Å². The third-order valence-corrected chi connectivity index (χ3v) is 6.55. The Bertz CT molecular complexity index is 1540. The van der Waals surface area contributed by atoms with E-state index in [4.69, 9.17) is 19.6 Å². The lowest BCUT2D eigenvalue weighted by atomic mass is 10.1. The largest absolute Gasteiger partial charge is 0.490 e. The molecule has 0 bridgehead atoms. The topological polar surface area (TPSA) is 121 Å². The van der Waals surface area contributed by atoms with E-state index in [0.29, 0.717) is 41.5 Å². The molecule has 0 saturated carbocycles. The number of carbonyl (C=O) groups is 2. The number of nitrogens with zero attached hydrogens (tertiary/aromatic N) is 1. The second-order valence-corrected chi connectivity index (χ2v) is 10.2. The minimum atomic E-state index is -1.23. The molecule has 4 aromatic rings. The highest BCUT2D eigenvalue weighted by Gasteiger charge is 2.25. The van der Waals surface area contributed by atoms with Gasteiger partial charge in [-0.15, -0.1) is 0 Å². The molecule has 9 nitrogen and oxygen atoms in total. The average molecular weight is 596 g/mol. The SMILES string of the molecule is CCOc1cc(C(Oc2ccc(C(=N)N(Cc3ccccc3)C(=O)O)cc2)C(=O)NCc2ccccc2)ccc1OC(C)C. The number of benzene rings is 4. The Hall–Kier alpha value is -5.31. The summed E-state index contributed by atoms with van der Waals surface area (Å²) in [7, 11) is 0. The van der Waals surface area contributed by atoms with Crippen molar-refractivity contribution in [1.82, 2.24) is 10.2 Å². The van der Waals surface area contributed by atoms with Crippen molar-refractivity contribution in [3.63, 3.8) is 0 Å². The zero-order chi connectivity index (χ0) is 31.5. The molecule has 1 unspecified atom stereocenters. The van der Waals surface area contributed by atoms with Crippen molar-refractivity contribution in [3.05, 3.63) is 125 Å². The molecule has 0 aliphatic heterocycles. The first kappa shape index (κ1) is 31.6. The fraction of sp³-hybridized carbons (Fsp3) is 0.229. The Labute approximate surface area is 257 Å². The van der Waals surface area contributed by atoms with Crippen LogP contribution in [-0.2, 0) is 17.9 Å². The first-order valence-electron chi connectivity index (χ1n) is 14.4. The summed E-state index contributed by atoms with van der Waals surface area (Å²) < 4.78 is 18.0. The quantitative estimate of drug-likeness (QED) is 0.115. The molecule has 44 heavy (non-hydrogen) atoms. The van der Waals surface area contributed by atoms with E-state index in [1.54, 1.807) is 42.5 Å². The van der Waals surface area contributed by atoms with Gasteiger partial charge in [-0.3, -0.25) is 15.1 Å². The molecule has 0 radical (unpaired) electrons. The van der Waals surface area contributed by atoms with Gasteiger partial charge in [0.15, 0.2) is 11.5 Å². The zero-order valence-electron chi connectivity index (χ0n) is 25.0. The molecule has 4 aromatic carbocycles. The van der Waals surface area contributed by atoms with Crippen molar-refractivity contribution < 1.29 is 28.9 Å². The summed E-state index contributed by atoms with van der Waals surface area (Å²) in [5.74, 6) is 0.902. The van der Waals surface area contributed by atoms with Gasteiger partial charge in [-0.1, -0.05) is 66.7 Å². The van der Waals surface area contributed by atoms with E-state index in [1.165, 1.54) is 0 Å². The van der Waals surface area contributed by atoms with E-state index >= 15 is 0 Å². The highest BCUT2D eigenvalue weighted by molar-refractivity contribution is 6.04. The molecule has 0 heterocycles. The third-order valence-electron chi connectivity index (χ3n) is 6.55. The Morgan fingerprint density at radius 2 is 1.48 bits per heavy atom. The Morgan fingerprint density at radius 1 is 0.841 bits per heavy atom. The Balaban J connectivity index is 1.58.